The minimum atomic E-state index is 1.12. The van der Waals surface area contributed by atoms with Crippen LogP contribution in [0.1, 0.15) is 16.7 Å². The largest absolute Gasteiger partial charge is 0.141 e. The molecule has 124 valence electrons. The van der Waals surface area contributed by atoms with E-state index in [0.717, 1.165) is 4.90 Å². The molecule has 3 heterocycles. The van der Waals surface area contributed by atoms with E-state index in [1.807, 2.05) is 34.0 Å². The molecule has 0 spiro atoms. The second-order valence-corrected chi connectivity index (χ2v) is 10.2. The summed E-state index contributed by atoms with van der Waals surface area (Å²) in [6.07, 6.45) is 0. The van der Waals surface area contributed by atoms with Crippen molar-refractivity contribution in [3.8, 4) is 9.75 Å². The van der Waals surface area contributed by atoms with Gasteiger partial charge in [-0.1, -0.05) is 24.3 Å². The summed E-state index contributed by atoms with van der Waals surface area (Å²) >= 11 is 10.6. The molecule has 0 aliphatic rings. The van der Waals surface area contributed by atoms with Gasteiger partial charge in [-0.3, -0.25) is 0 Å². The summed E-state index contributed by atoms with van der Waals surface area (Å²) in [5.74, 6) is 0. The Morgan fingerprint density at radius 1 is 0.680 bits per heavy atom. The maximum Gasteiger partial charge on any atom is 0.0591 e. The van der Waals surface area contributed by atoms with Gasteiger partial charge in [-0.2, -0.15) is 0 Å². The zero-order valence-electron chi connectivity index (χ0n) is 14.1. The van der Waals surface area contributed by atoms with Gasteiger partial charge in [0.15, 0.2) is 0 Å². The van der Waals surface area contributed by atoms with Gasteiger partial charge >= 0.3 is 0 Å². The first-order valence-electron chi connectivity index (χ1n) is 8.17. The summed E-state index contributed by atoms with van der Waals surface area (Å²) in [7, 11) is 0. The minimum Gasteiger partial charge on any atom is -0.141 e. The maximum atomic E-state index is 4.88. The Labute approximate surface area is 164 Å². The minimum absolute atomic E-state index is 1.12. The standard InChI is InChI=1S/C21H16S4/c1-10-4-6-13-15(8-10)24-21(17(13)22)19-12(3)18-20(25-19)14-7-5-11(2)9-16(14)23-18/h4-9,22H,1-3H3. The molecule has 0 atom stereocenters. The average Bonchev–Trinajstić information content (AvgIpc) is 3.19. The summed E-state index contributed by atoms with van der Waals surface area (Å²) in [5.41, 5.74) is 4.04. The lowest BCUT2D eigenvalue weighted by Gasteiger charge is -1.98. The molecular weight excluding hydrogens is 380 g/mol. The predicted molar refractivity (Wildman–Crippen MR) is 119 cm³/mol. The summed E-state index contributed by atoms with van der Waals surface area (Å²) < 4.78 is 5.58. The second kappa shape index (κ2) is 5.58. The molecule has 0 bridgehead atoms. The van der Waals surface area contributed by atoms with Gasteiger partial charge in [0.1, 0.15) is 0 Å². The van der Waals surface area contributed by atoms with E-state index in [0.29, 0.717) is 0 Å². The number of aryl methyl sites for hydroxylation is 3. The molecule has 0 nitrogen and oxygen atoms in total. The third kappa shape index (κ3) is 2.32. The van der Waals surface area contributed by atoms with Gasteiger partial charge in [0.2, 0.25) is 0 Å². The van der Waals surface area contributed by atoms with Crippen LogP contribution in [0.2, 0.25) is 0 Å². The molecular formula is C21H16S4. The molecule has 5 rings (SSSR count). The SMILES string of the molecule is Cc1ccc2c(S)c(-c3sc4c(sc5cc(C)ccc54)c3C)sc2c1. The summed E-state index contributed by atoms with van der Waals surface area (Å²) in [6, 6.07) is 13.4. The van der Waals surface area contributed by atoms with Crippen LogP contribution in [0.5, 0.6) is 0 Å². The van der Waals surface area contributed by atoms with Gasteiger partial charge in [-0.15, -0.1) is 46.6 Å². The van der Waals surface area contributed by atoms with Gasteiger partial charge in [0.05, 0.1) is 14.5 Å². The highest BCUT2D eigenvalue weighted by molar-refractivity contribution is 7.81. The van der Waals surface area contributed by atoms with Gasteiger partial charge in [0, 0.05) is 29.8 Å². The van der Waals surface area contributed by atoms with E-state index in [4.69, 9.17) is 12.6 Å². The summed E-state index contributed by atoms with van der Waals surface area (Å²) in [5, 5.41) is 2.66. The van der Waals surface area contributed by atoms with E-state index in [2.05, 4.69) is 57.2 Å². The third-order valence-corrected chi connectivity index (χ3v) is 9.37. The first kappa shape index (κ1) is 15.9. The van der Waals surface area contributed by atoms with Gasteiger partial charge in [-0.05, 0) is 49.6 Å². The van der Waals surface area contributed by atoms with E-state index < -0.39 is 0 Å². The van der Waals surface area contributed by atoms with Crippen molar-refractivity contribution < 1.29 is 0 Å². The molecule has 0 aliphatic carbocycles. The number of benzene rings is 2. The predicted octanol–water partition coefficient (Wildman–Crippen LogP) is 8.21. The molecule has 0 radical (unpaired) electrons. The smallest absolute Gasteiger partial charge is 0.0591 e. The Morgan fingerprint density at radius 3 is 2.04 bits per heavy atom. The Balaban J connectivity index is 1.81. The van der Waals surface area contributed by atoms with Crippen molar-refractivity contribution in [2.45, 2.75) is 25.7 Å². The third-order valence-electron chi connectivity index (χ3n) is 4.71. The molecule has 3 aromatic heterocycles. The van der Waals surface area contributed by atoms with Crippen LogP contribution in [-0.4, -0.2) is 0 Å². The van der Waals surface area contributed by atoms with Crippen molar-refractivity contribution in [3.63, 3.8) is 0 Å². The first-order valence-corrected chi connectivity index (χ1v) is 11.1. The molecule has 0 N–H and O–H groups in total. The Hall–Kier alpha value is -1.33. The molecule has 0 saturated heterocycles. The molecule has 0 aliphatic heterocycles. The molecule has 0 saturated carbocycles. The van der Waals surface area contributed by atoms with E-state index >= 15 is 0 Å². The van der Waals surface area contributed by atoms with Gasteiger partial charge < -0.3 is 0 Å². The quantitative estimate of drug-likeness (QED) is 0.271. The normalized spacial score (nSPS) is 12.0. The maximum absolute atomic E-state index is 4.88. The number of hydrogen-bond donors (Lipinski definition) is 1. The van der Waals surface area contributed by atoms with E-state index in [-0.39, 0.29) is 0 Å². The molecule has 0 unspecified atom stereocenters. The fourth-order valence-electron chi connectivity index (χ4n) is 3.37. The highest BCUT2D eigenvalue weighted by Gasteiger charge is 2.19. The fourth-order valence-corrected chi connectivity index (χ4v) is 8.18. The Morgan fingerprint density at radius 2 is 1.32 bits per heavy atom. The summed E-state index contributed by atoms with van der Waals surface area (Å²) in [4.78, 5) is 3.82. The molecule has 25 heavy (non-hydrogen) atoms. The van der Waals surface area contributed by atoms with Crippen LogP contribution < -0.4 is 0 Å². The van der Waals surface area contributed by atoms with E-state index in [9.17, 15) is 0 Å². The zero-order chi connectivity index (χ0) is 17.3. The Kier molecular flexibility index (Phi) is 3.55. The van der Waals surface area contributed by atoms with Crippen molar-refractivity contribution in [3.05, 3.63) is 53.1 Å². The van der Waals surface area contributed by atoms with Crippen LogP contribution >= 0.6 is 46.6 Å². The number of thiol groups is 1. The topological polar surface area (TPSA) is 0 Å². The highest BCUT2D eigenvalue weighted by Crippen LogP contribution is 2.50. The van der Waals surface area contributed by atoms with Crippen molar-refractivity contribution in [2.75, 3.05) is 0 Å². The molecule has 4 heteroatoms. The number of rotatable bonds is 1. The summed E-state index contributed by atoms with van der Waals surface area (Å²) in [6.45, 7) is 6.58. The molecule has 0 fully saturated rings. The number of hydrogen-bond acceptors (Lipinski definition) is 4. The Bertz CT molecular complexity index is 1280. The fraction of sp³-hybridized carbons (Fsp3) is 0.143. The zero-order valence-corrected chi connectivity index (χ0v) is 17.5. The number of thiophene rings is 3. The van der Waals surface area contributed by atoms with Crippen molar-refractivity contribution in [1.82, 2.24) is 0 Å². The van der Waals surface area contributed by atoms with Gasteiger partial charge in [-0.25, -0.2) is 0 Å². The van der Waals surface area contributed by atoms with Crippen LogP contribution in [0.15, 0.2) is 41.3 Å². The molecule has 2 aromatic carbocycles. The average molecular weight is 397 g/mol. The second-order valence-electron chi connectivity index (χ2n) is 6.60. The van der Waals surface area contributed by atoms with Crippen molar-refractivity contribution >= 4 is 76.2 Å². The van der Waals surface area contributed by atoms with E-state index in [1.165, 1.54) is 56.0 Å². The lowest BCUT2D eigenvalue weighted by atomic mass is 10.1. The van der Waals surface area contributed by atoms with Crippen molar-refractivity contribution in [2.24, 2.45) is 0 Å². The lowest BCUT2D eigenvalue weighted by molar-refractivity contribution is 1.51. The molecule has 0 amide bonds. The van der Waals surface area contributed by atoms with Crippen LogP contribution in [0.4, 0.5) is 0 Å². The highest BCUT2D eigenvalue weighted by atomic mass is 32.1. The lowest BCUT2D eigenvalue weighted by Crippen LogP contribution is -1.72. The van der Waals surface area contributed by atoms with Crippen LogP contribution in [-0.2, 0) is 0 Å². The monoisotopic (exact) mass is 396 g/mol. The van der Waals surface area contributed by atoms with E-state index in [1.54, 1.807) is 0 Å². The van der Waals surface area contributed by atoms with Gasteiger partial charge in [0.25, 0.3) is 0 Å². The first-order chi connectivity index (χ1) is 12.0. The number of fused-ring (bicyclic) bond motifs is 4. The molecule has 5 aromatic rings. The van der Waals surface area contributed by atoms with Crippen LogP contribution in [0, 0.1) is 20.8 Å². The van der Waals surface area contributed by atoms with Crippen LogP contribution in [0.3, 0.4) is 0 Å². The van der Waals surface area contributed by atoms with Crippen molar-refractivity contribution in [1.29, 1.82) is 0 Å². The van der Waals surface area contributed by atoms with Crippen LogP contribution in [0.25, 0.3) is 39.3 Å².